The molecule has 0 fully saturated rings. The van der Waals surface area contributed by atoms with Crippen molar-refractivity contribution in [2.24, 2.45) is 0 Å². The van der Waals surface area contributed by atoms with Crippen molar-refractivity contribution in [2.75, 3.05) is 12.4 Å². The van der Waals surface area contributed by atoms with Crippen LogP contribution < -0.4 is 11.0 Å². The molecule has 2 heterocycles. The van der Waals surface area contributed by atoms with Gasteiger partial charge in [-0.1, -0.05) is 11.6 Å². The first kappa shape index (κ1) is 16.8. The van der Waals surface area contributed by atoms with Crippen molar-refractivity contribution in [1.82, 2.24) is 14.9 Å². The summed E-state index contributed by atoms with van der Waals surface area (Å²) >= 11 is 7.44. The van der Waals surface area contributed by atoms with E-state index in [1.165, 1.54) is 11.3 Å². The van der Waals surface area contributed by atoms with Gasteiger partial charge in [0.2, 0.25) is 5.91 Å². The number of rotatable bonds is 5. The molecule has 0 saturated carbocycles. The van der Waals surface area contributed by atoms with E-state index < -0.39 is 0 Å². The molecule has 0 spiro atoms. The van der Waals surface area contributed by atoms with Gasteiger partial charge in [0.25, 0.3) is 0 Å². The number of amides is 1. The molecule has 8 heteroatoms. The summed E-state index contributed by atoms with van der Waals surface area (Å²) in [6.45, 7) is 2.50. The van der Waals surface area contributed by atoms with Crippen LogP contribution in [0.25, 0.3) is 11.0 Å². The molecule has 1 atom stereocenters. The number of anilines is 1. The maximum Gasteiger partial charge on any atom is 0.323 e. The first-order valence-electron chi connectivity index (χ1n) is 7.40. The molecule has 126 valence electrons. The van der Waals surface area contributed by atoms with E-state index in [-0.39, 0.29) is 17.6 Å². The molecule has 0 aliphatic carbocycles. The van der Waals surface area contributed by atoms with Crippen LogP contribution in [0, 0.1) is 0 Å². The fourth-order valence-corrected chi connectivity index (χ4v) is 3.53. The van der Waals surface area contributed by atoms with Crippen molar-refractivity contribution >= 4 is 45.6 Å². The smallest absolute Gasteiger partial charge is 0.323 e. The zero-order valence-electron chi connectivity index (χ0n) is 13.2. The van der Waals surface area contributed by atoms with Crippen molar-refractivity contribution < 1.29 is 4.79 Å². The number of fused-ring (bicyclic) bond motifs is 1. The minimum absolute atomic E-state index is 0.114. The topological polar surface area (TPSA) is 81.0 Å². The molecule has 0 unspecified atom stereocenters. The van der Waals surface area contributed by atoms with E-state index in [1.807, 2.05) is 31.0 Å². The van der Waals surface area contributed by atoms with E-state index in [1.54, 1.807) is 18.2 Å². The van der Waals surface area contributed by atoms with Crippen LogP contribution in [0.4, 0.5) is 5.69 Å². The maximum atomic E-state index is 12.4. The zero-order valence-corrected chi connectivity index (χ0v) is 14.8. The van der Waals surface area contributed by atoms with Gasteiger partial charge in [0.15, 0.2) is 0 Å². The first-order valence-corrected chi connectivity index (χ1v) is 8.59. The molecule has 1 aromatic carbocycles. The molecular weight excluding hydrogens is 348 g/mol. The minimum atomic E-state index is -0.313. The Morgan fingerprint density at radius 2 is 2.04 bits per heavy atom. The van der Waals surface area contributed by atoms with Crippen LogP contribution in [-0.2, 0) is 11.3 Å². The number of nitrogens with zero attached hydrogens (tertiary/aromatic N) is 1. The summed E-state index contributed by atoms with van der Waals surface area (Å²) in [6.07, 6.45) is 0. The number of likely N-dealkylation sites (N-methyl/N-ethyl adjacent to an activating group) is 1. The molecule has 0 saturated heterocycles. The Hall–Kier alpha value is -2.09. The first-order chi connectivity index (χ1) is 11.4. The number of carbonyl (C=O) groups excluding carboxylic acids is 1. The number of nitrogens with one attached hydrogen (secondary N) is 3. The van der Waals surface area contributed by atoms with Gasteiger partial charge >= 0.3 is 5.69 Å². The Morgan fingerprint density at radius 1 is 1.29 bits per heavy atom. The lowest BCUT2D eigenvalue weighted by Gasteiger charge is -2.23. The number of thiophene rings is 1. The van der Waals surface area contributed by atoms with Crippen LogP contribution in [-0.4, -0.2) is 33.9 Å². The van der Waals surface area contributed by atoms with E-state index in [0.29, 0.717) is 23.3 Å². The molecule has 3 aromatic rings. The number of imidazole rings is 1. The molecular formula is C16H17ClN4O2S. The molecule has 0 aliphatic rings. The maximum absolute atomic E-state index is 12.4. The summed E-state index contributed by atoms with van der Waals surface area (Å²) in [5, 5.41) is 2.88. The third-order valence-electron chi connectivity index (χ3n) is 3.86. The van der Waals surface area contributed by atoms with Gasteiger partial charge in [0, 0.05) is 17.1 Å². The third kappa shape index (κ3) is 3.69. The van der Waals surface area contributed by atoms with E-state index >= 15 is 0 Å². The number of hydrogen-bond donors (Lipinski definition) is 3. The molecule has 24 heavy (non-hydrogen) atoms. The lowest BCUT2D eigenvalue weighted by atomic mass is 10.2. The molecule has 0 bridgehead atoms. The van der Waals surface area contributed by atoms with Gasteiger partial charge in [0.1, 0.15) is 0 Å². The fraction of sp³-hybridized carbons (Fsp3) is 0.250. The second-order valence-corrected chi connectivity index (χ2v) is 7.43. The van der Waals surface area contributed by atoms with E-state index in [2.05, 4.69) is 15.3 Å². The van der Waals surface area contributed by atoms with Gasteiger partial charge in [0.05, 0.1) is 21.4 Å². The second kappa shape index (κ2) is 6.80. The van der Waals surface area contributed by atoms with Gasteiger partial charge in [-0.3, -0.25) is 9.69 Å². The molecule has 6 nitrogen and oxygen atoms in total. The zero-order chi connectivity index (χ0) is 17.3. The van der Waals surface area contributed by atoms with Gasteiger partial charge in [-0.25, -0.2) is 4.79 Å². The molecule has 1 amide bonds. The van der Waals surface area contributed by atoms with Crippen LogP contribution in [0.2, 0.25) is 4.34 Å². The van der Waals surface area contributed by atoms with Crippen LogP contribution in [0.3, 0.4) is 0 Å². The molecule has 2 aromatic heterocycles. The number of aromatic amines is 2. The molecule has 3 rings (SSSR count). The van der Waals surface area contributed by atoms with E-state index in [0.717, 1.165) is 9.21 Å². The van der Waals surface area contributed by atoms with Gasteiger partial charge < -0.3 is 15.3 Å². The average Bonchev–Trinajstić information content (AvgIpc) is 3.10. The lowest BCUT2D eigenvalue weighted by molar-refractivity contribution is -0.120. The van der Waals surface area contributed by atoms with E-state index in [4.69, 9.17) is 11.6 Å². The lowest BCUT2D eigenvalue weighted by Crippen LogP contribution is -2.39. The monoisotopic (exact) mass is 364 g/mol. The highest BCUT2D eigenvalue weighted by Crippen LogP contribution is 2.23. The highest BCUT2D eigenvalue weighted by atomic mass is 35.5. The summed E-state index contributed by atoms with van der Waals surface area (Å²) < 4.78 is 0.740. The van der Waals surface area contributed by atoms with Gasteiger partial charge in [-0.05, 0) is 44.3 Å². The summed E-state index contributed by atoms with van der Waals surface area (Å²) in [6, 6.07) is 8.75. The summed E-state index contributed by atoms with van der Waals surface area (Å²) in [5.74, 6) is -0.114. The average molecular weight is 365 g/mol. The van der Waals surface area contributed by atoms with Crippen LogP contribution in [0.15, 0.2) is 35.1 Å². The predicted octanol–water partition coefficient (Wildman–Crippen LogP) is 3.03. The van der Waals surface area contributed by atoms with Crippen molar-refractivity contribution in [2.45, 2.75) is 19.5 Å². The Morgan fingerprint density at radius 3 is 2.75 bits per heavy atom. The largest absolute Gasteiger partial charge is 0.325 e. The Balaban J connectivity index is 1.66. The predicted molar refractivity (Wildman–Crippen MR) is 97.8 cm³/mol. The van der Waals surface area contributed by atoms with E-state index in [9.17, 15) is 9.59 Å². The number of benzene rings is 1. The number of carbonyl (C=O) groups is 1. The molecule has 0 radical (unpaired) electrons. The summed E-state index contributed by atoms with van der Waals surface area (Å²) in [7, 11) is 1.89. The van der Waals surface area contributed by atoms with Gasteiger partial charge in [-0.15, -0.1) is 11.3 Å². The quantitative estimate of drug-likeness (QED) is 0.651. The normalized spacial score (nSPS) is 12.7. The highest BCUT2D eigenvalue weighted by Gasteiger charge is 2.19. The standard InChI is InChI=1S/C16H17ClN4O2S/c1-9(21(2)8-11-4-6-14(17)24-11)15(22)18-10-3-5-12-13(7-10)20-16(23)19-12/h3-7,9H,8H2,1-2H3,(H,18,22)(H2,19,20,23)/t9-/m1/s1. The number of hydrogen-bond acceptors (Lipinski definition) is 4. The SMILES string of the molecule is C[C@H](C(=O)Nc1ccc2[nH]c(=O)[nH]c2c1)N(C)Cc1ccc(Cl)s1. The number of H-pyrrole nitrogens is 2. The summed E-state index contributed by atoms with van der Waals surface area (Å²) in [5.41, 5.74) is 1.74. The van der Waals surface area contributed by atoms with Crippen molar-refractivity contribution in [3.05, 3.63) is 50.0 Å². The van der Waals surface area contributed by atoms with Crippen LogP contribution in [0.5, 0.6) is 0 Å². The van der Waals surface area contributed by atoms with Crippen molar-refractivity contribution in [3.63, 3.8) is 0 Å². The number of halogens is 1. The fourth-order valence-electron chi connectivity index (χ4n) is 2.38. The Labute approximate surface area is 147 Å². The Bertz CT molecular complexity index is 929. The third-order valence-corrected chi connectivity index (χ3v) is 5.07. The van der Waals surface area contributed by atoms with Crippen LogP contribution >= 0.6 is 22.9 Å². The second-order valence-electron chi connectivity index (χ2n) is 5.63. The minimum Gasteiger partial charge on any atom is -0.325 e. The molecule has 3 N–H and O–H groups in total. The highest BCUT2D eigenvalue weighted by molar-refractivity contribution is 7.16. The van der Waals surface area contributed by atoms with Crippen molar-refractivity contribution in [1.29, 1.82) is 0 Å². The van der Waals surface area contributed by atoms with Gasteiger partial charge in [-0.2, -0.15) is 0 Å². The molecule has 0 aliphatic heterocycles. The van der Waals surface area contributed by atoms with Crippen LogP contribution in [0.1, 0.15) is 11.8 Å². The Kier molecular flexibility index (Phi) is 4.75. The number of aromatic nitrogens is 2. The van der Waals surface area contributed by atoms with Crippen molar-refractivity contribution in [3.8, 4) is 0 Å². The summed E-state index contributed by atoms with van der Waals surface area (Å²) in [4.78, 5) is 32.1.